The van der Waals surface area contributed by atoms with Gasteiger partial charge in [0.25, 0.3) is 0 Å². The first kappa shape index (κ1) is 12.9. The molecule has 0 amide bonds. The summed E-state index contributed by atoms with van der Waals surface area (Å²) < 4.78 is 0.908. The van der Waals surface area contributed by atoms with Crippen molar-refractivity contribution in [2.75, 3.05) is 5.32 Å². The number of nitrogens with zero attached hydrogens (tertiary/aromatic N) is 1. The van der Waals surface area contributed by atoms with E-state index in [1.807, 2.05) is 6.07 Å². The molecule has 2 rings (SSSR count). The lowest BCUT2D eigenvalue weighted by atomic mass is 9.78. The second-order valence-electron chi connectivity index (χ2n) is 5.29. The summed E-state index contributed by atoms with van der Waals surface area (Å²) in [6.07, 6.45) is 3.99. The smallest absolute Gasteiger partial charge is 0.106 e. The molecule has 1 N–H and O–H groups in total. The van der Waals surface area contributed by atoms with Crippen molar-refractivity contribution in [2.24, 2.45) is 11.8 Å². The minimum atomic E-state index is 0.598. The van der Waals surface area contributed by atoms with E-state index in [2.05, 4.69) is 53.1 Å². The molecular formula is C14H21BrN2. The summed E-state index contributed by atoms with van der Waals surface area (Å²) in [6, 6.07) is 4.73. The SMILES string of the molecule is Cc1nc(Br)ccc1NC1CCCC(C)C1C. The molecule has 1 aliphatic carbocycles. The van der Waals surface area contributed by atoms with E-state index >= 15 is 0 Å². The van der Waals surface area contributed by atoms with Gasteiger partial charge >= 0.3 is 0 Å². The van der Waals surface area contributed by atoms with Gasteiger partial charge in [0.15, 0.2) is 0 Å². The molecule has 0 spiro atoms. The summed E-state index contributed by atoms with van der Waals surface area (Å²) in [7, 11) is 0. The van der Waals surface area contributed by atoms with Gasteiger partial charge < -0.3 is 5.32 Å². The first-order valence-corrected chi connectivity index (χ1v) is 7.27. The van der Waals surface area contributed by atoms with Crippen LogP contribution in [-0.4, -0.2) is 11.0 Å². The van der Waals surface area contributed by atoms with Crippen molar-refractivity contribution >= 4 is 21.6 Å². The molecule has 0 aliphatic heterocycles. The van der Waals surface area contributed by atoms with E-state index in [0.29, 0.717) is 6.04 Å². The molecule has 1 aromatic heterocycles. The highest BCUT2D eigenvalue weighted by Crippen LogP contribution is 2.32. The van der Waals surface area contributed by atoms with E-state index in [4.69, 9.17) is 0 Å². The van der Waals surface area contributed by atoms with Crippen molar-refractivity contribution in [1.29, 1.82) is 0 Å². The van der Waals surface area contributed by atoms with Crippen LogP contribution in [-0.2, 0) is 0 Å². The Morgan fingerprint density at radius 3 is 2.76 bits per heavy atom. The number of hydrogen-bond donors (Lipinski definition) is 1. The Kier molecular flexibility index (Phi) is 4.08. The lowest BCUT2D eigenvalue weighted by Gasteiger charge is -2.35. The zero-order valence-corrected chi connectivity index (χ0v) is 12.4. The Morgan fingerprint density at radius 1 is 1.29 bits per heavy atom. The second kappa shape index (κ2) is 5.38. The number of rotatable bonds is 2. The molecule has 1 heterocycles. The largest absolute Gasteiger partial charge is 0.381 e. The number of aromatic nitrogens is 1. The number of hydrogen-bond acceptors (Lipinski definition) is 2. The van der Waals surface area contributed by atoms with Crippen LogP contribution in [0.2, 0.25) is 0 Å². The van der Waals surface area contributed by atoms with Gasteiger partial charge in [-0.05, 0) is 53.2 Å². The van der Waals surface area contributed by atoms with Gasteiger partial charge in [-0.25, -0.2) is 4.98 Å². The van der Waals surface area contributed by atoms with Gasteiger partial charge in [0.2, 0.25) is 0 Å². The lowest BCUT2D eigenvalue weighted by molar-refractivity contribution is 0.253. The lowest BCUT2D eigenvalue weighted by Crippen LogP contribution is -2.35. The zero-order chi connectivity index (χ0) is 12.4. The fraction of sp³-hybridized carbons (Fsp3) is 0.643. The maximum absolute atomic E-state index is 4.44. The third-order valence-corrected chi connectivity index (χ3v) is 4.54. The molecule has 3 atom stereocenters. The molecule has 94 valence electrons. The molecule has 1 fully saturated rings. The van der Waals surface area contributed by atoms with Crippen LogP contribution in [0, 0.1) is 18.8 Å². The fourth-order valence-electron chi connectivity index (χ4n) is 2.67. The Balaban J connectivity index is 2.09. The van der Waals surface area contributed by atoms with Crippen LogP contribution in [0.25, 0.3) is 0 Å². The maximum atomic E-state index is 4.44. The molecule has 1 aliphatic rings. The van der Waals surface area contributed by atoms with Gasteiger partial charge in [-0.1, -0.05) is 26.7 Å². The highest BCUT2D eigenvalue weighted by molar-refractivity contribution is 9.10. The number of aryl methyl sites for hydroxylation is 1. The van der Waals surface area contributed by atoms with Crippen LogP contribution in [0.15, 0.2) is 16.7 Å². The number of nitrogens with one attached hydrogen (secondary N) is 1. The summed E-state index contributed by atoms with van der Waals surface area (Å²) in [5.74, 6) is 1.57. The Bertz CT molecular complexity index is 392. The fourth-order valence-corrected chi connectivity index (χ4v) is 3.07. The van der Waals surface area contributed by atoms with Crippen molar-refractivity contribution in [2.45, 2.75) is 46.1 Å². The Hall–Kier alpha value is -0.570. The average Bonchev–Trinajstić information content (AvgIpc) is 2.28. The summed E-state index contributed by atoms with van der Waals surface area (Å²) in [4.78, 5) is 4.44. The molecule has 17 heavy (non-hydrogen) atoms. The van der Waals surface area contributed by atoms with Crippen molar-refractivity contribution in [3.63, 3.8) is 0 Å². The molecule has 1 saturated carbocycles. The highest BCUT2D eigenvalue weighted by atomic mass is 79.9. The van der Waals surface area contributed by atoms with Crippen LogP contribution >= 0.6 is 15.9 Å². The summed E-state index contributed by atoms with van der Waals surface area (Å²) in [6.45, 7) is 6.79. The monoisotopic (exact) mass is 296 g/mol. The van der Waals surface area contributed by atoms with Gasteiger partial charge in [-0.2, -0.15) is 0 Å². The molecule has 0 bridgehead atoms. The standard InChI is InChI=1S/C14H21BrN2/c1-9-5-4-6-12(10(9)2)17-13-7-8-14(15)16-11(13)3/h7-10,12,17H,4-6H2,1-3H3. The van der Waals surface area contributed by atoms with Gasteiger partial charge in [0.1, 0.15) is 4.60 Å². The third kappa shape index (κ3) is 3.01. The van der Waals surface area contributed by atoms with E-state index in [1.54, 1.807) is 0 Å². The van der Waals surface area contributed by atoms with Crippen LogP contribution in [0.1, 0.15) is 38.8 Å². The predicted molar refractivity (Wildman–Crippen MR) is 76.3 cm³/mol. The van der Waals surface area contributed by atoms with Crippen LogP contribution in [0.3, 0.4) is 0 Å². The van der Waals surface area contributed by atoms with E-state index in [0.717, 1.165) is 22.1 Å². The van der Waals surface area contributed by atoms with Crippen molar-refractivity contribution < 1.29 is 0 Å². The normalized spacial score (nSPS) is 29.1. The summed E-state index contributed by atoms with van der Waals surface area (Å²) in [5.41, 5.74) is 2.25. The highest BCUT2D eigenvalue weighted by Gasteiger charge is 2.27. The molecular weight excluding hydrogens is 276 g/mol. The summed E-state index contributed by atoms with van der Waals surface area (Å²) in [5, 5.41) is 3.67. The molecule has 0 aromatic carbocycles. The van der Waals surface area contributed by atoms with Gasteiger partial charge in [-0.3, -0.25) is 0 Å². The van der Waals surface area contributed by atoms with E-state index < -0.39 is 0 Å². The van der Waals surface area contributed by atoms with Gasteiger partial charge in [0, 0.05) is 6.04 Å². The summed E-state index contributed by atoms with van der Waals surface area (Å²) >= 11 is 3.40. The second-order valence-corrected chi connectivity index (χ2v) is 6.10. The van der Waals surface area contributed by atoms with Crippen LogP contribution in [0.4, 0.5) is 5.69 Å². The van der Waals surface area contributed by atoms with Gasteiger partial charge in [0.05, 0.1) is 11.4 Å². The quantitative estimate of drug-likeness (QED) is 0.819. The minimum absolute atomic E-state index is 0.598. The average molecular weight is 297 g/mol. The van der Waals surface area contributed by atoms with E-state index in [9.17, 15) is 0 Å². The Labute approximate surface area is 112 Å². The minimum Gasteiger partial charge on any atom is -0.381 e. The van der Waals surface area contributed by atoms with Crippen LogP contribution < -0.4 is 5.32 Å². The van der Waals surface area contributed by atoms with Crippen molar-refractivity contribution in [1.82, 2.24) is 4.98 Å². The molecule has 1 aromatic rings. The van der Waals surface area contributed by atoms with E-state index in [1.165, 1.54) is 24.9 Å². The molecule has 3 heteroatoms. The predicted octanol–water partition coefficient (Wildman–Crippen LogP) is 4.39. The van der Waals surface area contributed by atoms with Gasteiger partial charge in [-0.15, -0.1) is 0 Å². The third-order valence-electron chi connectivity index (χ3n) is 4.10. The van der Waals surface area contributed by atoms with Crippen molar-refractivity contribution in [3.8, 4) is 0 Å². The molecule has 0 saturated heterocycles. The maximum Gasteiger partial charge on any atom is 0.106 e. The molecule has 0 radical (unpaired) electrons. The number of anilines is 1. The topological polar surface area (TPSA) is 24.9 Å². The number of halogens is 1. The van der Waals surface area contributed by atoms with Crippen LogP contribution in [0.5, 0.6) is 0 Å². The first-order chi connectivity index (χ1) is 8.08. The molecule has 2 nitrogen and oxygen atoms in total. The van der Waals surface area contributed by atoms with E-state index in [-0.39, 0.29) is 0 Å². The first-order valence-electron chi connectivity index (χ1n) is 6.47. The van der Waals surface area contributed by atoms with Crippen molar-refractivity contribution in [3.05, 3.63) is 22.4 Å². The molecule has 3 unspecified atom stereocenters. The number of pyridine rings is 1. The zero-order valence-electron chi connectivity index (χ0n) is 10.8. The Morgan fingerprint density at radius 2 is 2.06 bits per heavy atom.